The highest BCUT2D eigenvalue weighted by Gasteiger charge is 2.26. The van der Waals surface area contributed by atoms with Gasteiger partial charge in [-0.05, 0) is 44.4 Å². The molecule has 23 heavy (non-hydrogen) atoms. The fourth-order valence-electron chi connectivity index (χ4n) is 3.22. The Bertz CT molecular complexity index is 878. The maximum absolute atomic E-state index is 12.8. The van der Waals surface area contributed by atoms with Crippen LogP contribution in [0.1, 0.15) is 30.9 Å². The largest absolute Gasteiger partial charge is 0.496 e. The molecule has 2 aromatic rings. The predicted octanol–water partition coefficient (Wildman–Crippen LogP) is 2.50. The average molecular weight is 312 g/mol. The van der Waals surface area contributed by atoms with E-state index in [1.165, 1.54) is 0 Å². The van der Waals surface area contributed by atoms with Crippen LogP contribution in [-0.4, -0.2) is 21.6 Å². The van der Waals surface area contributed by atoms with Gasteiger partial charge in [0.25, 0.3) is 5.56 Å². The van der Waals surface area contributed by atoms with Crippen LogP contribution in [0, 0.1) is 18.8 Å². The monoisotopic (exact) mass is 312 g/mol. The third-order valence-corrected chi connectivity index (χ3v) is 4.24. The van der Waals surface area contributed by atoms with Crippen molar-refractivity contribution in [3.05, 3.63) is 33.6 Å². The minimum absolute atomic E-state index is 0.0189. The zero-order valence-electron chi connectivity index (χ0n) is 13.6. The molecule has 3 rings (SSSR count). The van der Waals surface area contributed by atoms with Crippen molar-refractivity contribution in [3.63, 3.8) is 0 Å². The van der Waals surface area contributed by atoms with E-state index < -0.39 is 0 Å². The Balaban J connectivity index is 2.29. The molecule has 0 spiro atoms. The van der Waals surface area contributed by atoms with Gasteiger partial charge < -0.3 is 9.84 Å². The van der Waals surface area contributed by atoms with Crippen LogP contribution < -0.4 is 10.3 Å². The lowest BCUT2D eigenvalue weighted by molar-refractivity contribution is 0.305. The van der Waals surface area contributed by atoms with Crippen LogP contribution in [0.15, 0.2) is 16.9 Å². The summed E-state index contributed by atoms with van der Waals surface area (Å²) in [5.74, 6) is 6.43. The maximum Gasteiger partial charge on any atom is 0.278 e. The summed E-state index contributed by atoms with van der Waals surface area (Å²) >= 11 is 0. The van der Waals surface area contributed by atoms with Crippen LogP contribution in [0.3, 0.4) is 0 Å². The van der Waals surface area contributed by atoms with E-state index >= 15 is 0 Å². The van der Waals surface area contributed by atoms with Crippen molar-refractivity contribution in [3.8, 4) is 34.6 Å². The molecule has 0 unspecified atom stereocenters. The standard InChI is InChI=1S/C18H20N2O3/c1-4-7-13-10-12(2)15(14(11-13)23-3)16-17(21)19-8-5-6-9-20(19)18(16)22/h10-11,21H,5-6,8-9H2,1-3H3. The second kappa shape index (κ2) is 5.88. The van der Waals surface area contributed by atoms with Crippen molar-refractivity contribution in [1.29, 1.82) is 0 Å². The first-order valence-electron chi connectivity index (χ1n) is 7.72. The van der Waals surface area contributed by atoms with Gasteiger partial charge in [0.1, 0.15) is 11.3 Å². The fraction of sp³-hybridized carbons (Fsp3) is 0.389. The van der Waals surface area contributed by atoms with Gasteiger partial charge >= 0.3 is 0 Å². The molecule has 1 aromatic heterocycles. The van der Waals surface area contributed by atoms with Gasteiger partial charge in [-0.1, -0.05) is 5.92 Å². The topological polar surface area (TPSA) is 56.4 Å². The normalized spacial score (nSPS) is 13.2. The van der Waals surface area contributed by atoms with Gasteiger partial charge in [0.15, 0.2) is 0 Å². The lowest BCUT2D eigenvalue weighted by Crippen LogP contribution is -2.27. The molecule has 5 heteroatoms. The number of aromatic hydroxyl groups is 1. The van der Waals surface area contributed by atoms with E-state index in [2.05, 4.69) is 11.8 Å². The summed E-state index contributed by atoms with van der Waals surface area (Å²) in [6.45, 7) is 4.96. The predicted molar refractivity (Wildman–Crippen MR) is 88.9 cm³/mol. The first kappa shape index (κ1) is 15.3. The van der Waals surface area contributed by atoms with Crippen LogP contribution in [-0.2, 0) is 13.1 Å². The van der Waals surface area contributed by atoms with E-state index in [4.69, 9.17) is 4.74 Å². The molecule has 0 bridgehead atoms. The number of rotatable bonds is 2. The van der Waals surface area contributed by atoms with Crippen LogP contribution in [0.4, 0.5) is 0 Å². The van der Waals surface area contributed by atoms with Gasteiger partial charge in [-0.2, -0.15) is 0 Å². The Morgan fingerprint density at radius 1 is 1.17 bits per heavy atom. The number of fused-ring (bicyclic) bond motifs is 1. The Hall–Kier alpha value is -2.61. The summed E-state index contributed by atoms with van der Waals surface area (Å²) in [5, 5.41) is 10.6. The Morgan fingerprint density at radius 3 is 2.48 bits per heavy atom. The van der Waals surface area contributed by atoms with Crippen LogP contribution in [0.25, 0.3) is 11.1 Å². The molecule has 0 fully saturated rings. The summed E-state index contributed by atoms with van der Waals surface area (Å²) in [6, 6.07) is 3.72. The van der Waals surface area contributed by atoms with E-state index in [-0.39, 0.29) is 11.4 Å². The third kappa shape index (κ3) is 2.40. The SMILES string of the molecule is CC#Cc1cc(C)c(-c2c(O)n3n(c2=O)CCCC3)c(OC)c1. The summed E-state index contributed by atoms with van der Waals surface area (Å²) in [4.78, 5) is 12.8. The number of aromatic nitrogens is 2. The summed E-state index contributed by atoms with van der Waals surface area (Å²) in [7, 11) is 1.56. The van der Waals surface area contributed by atoms with Crippen molar-refractivity contribution in [2.24, 2.45) is 0 Å². The van der Waals surface area contributed by atoms with Crippen molar-refractivity contribution in [1.82, 2.24) is 9.36 Å². The molecule has 1 aliphatic rings. The minimum Gasteiger partial charge on any atom is -0.496 e. The van der Waals surface area contributed by atoms with Gasteiger partial charge in [0.2, 0.25) is 5.88 Å². The highest BCUT2D eigenvalue weighted by molar-refractivity contribution is 5.78. The summed E-state index contributed by atoms with van der Waals surface area (Å²) in [6.07, 6.45) is 1.91. The molecule has 1 N–H and O–H groups in total. The molecule has 120 valence electrons. The Morgan fingerprint density at radius 2 is 1.87 bits per heavy atom. The molecule has 0 radical (unpaired) electrons. The molecular formula is C18H20N2O3. The highest BCUT2D eigenvalue weighted by atomic mass is 16.5. The van der Waals surface area contributed by atoms with Crippen molar-refractivity contribution in [2.45, 2.75) is 39.8 Å². The minimum atomic E-state index is -0.169. The number of methoxy groups -OCH3 is 1. The molecule has 0 saturated heterocycles. The first-order chi connectivity index (χ1) is 11.1. The quantitative estimate of drug-likeness (QED) is 0.867. The van der Waals surface area contributed by atoms with E-state index in [9.17, 15) is 9.90 Å². The number of nitrogens with zero attached hydrogens (tertiary/aromatic N) is 2. The molecule has 0 saturated carbocycles. The van der Waals surface area contributed by atoms with E-state index in [1.54, 1.807) is 29.5 Å². The Labute approximate surface area is 135 Å². The molecule has 0 amide bonds. The molecule has 0 aliphatic carbocycles. The maximum atomic E-state index is 12.8. The third-order valence-electron chi connectivity index (χ3n) is 4.24. The second-order valence-electron chi connectivity index (χ2n) is 5.70. The molecular weight excluding hydrogens is 292 g/mol. The lowest BCUT2D eigenvalue weighted by Gasteiger charge is -2.16. The van der Waals surface area contributed by atoms with Crippen molar-refractivity contribution < 1.29 is 9.84 Å². The summed E-state index contributed by atoms with van der Waals surface area (Å²) in [5.41, 5.74) is 2.48. The van der Waals surface area contributed by atoms with Crippen LogP contribution >= 0.6 is 0 Å². The zero-order chi connectivity index (χ0) is 16.6. The number of ether oxygens (including phenoxy) is 1. The second-order valence-corrected chi connectivity index (χ2v) is 5.70. The van der Waals surface area contributed by atoms with E-state index in [1.807, 2.05) is 13.0 Å². The lowest BCUT2D eigenvalue weighted by atomic mass is 9.99. The van der Waals surface area contributed by atoms with Gasteiger partial charge in [0.05, 0.1) is 7.11 Å². The molecule has 2 heterocycles. The number of benzene rings is 1. The number of aryl methyl sites for hydroxylation is 1. The van der Waals surface area contributed by atoms with Gasteiger partial charge in [-0.25, -0.2) is 4.68 Å². The molecule has 1 aromatic carbocycles. The van der Waals surface area contributed by atoms with Gasteiger partial charge in [-0.3, -0.25) is 9.48 Å². The van der Waals surface area contributed by atoms with Crippen molar-refractivity contribution >= 4 is 0 Å². The molecule has 0 atom stereocenters. The van der Waals surface area contributed by atoms with Gasteiger partial charge in [-0.15, -0.1) is 5.92 Å². The highest BCUT2D eigenvalue weighted by Crippen LogP contribution is 2.38. The number of hydrogen-bond acceptors (Lipinski definition) is 3. The van der Waals surface area contributed by atoms with E-state index in [0.29, 0.717) is 30.0 Å². The van der Waals surface area contributed by atoms with Gasteiger partial charge in [0, 0.05) is 24.2 Å². The smallest absolute Gasteiger partial charge is 0.278 e. The van der Waals surface area contributed by atoms with Crippen LogP contribution in [0.2, 0.25) is 0 Å². The van der Waals surface area contributed by atoms with Crippen LogP contribution in [0.5, 0.6) is 11.6 Å². The average Bonchev–Trinajstić information content (AvgIpc) is 2.80. The summed E-state index contributed by atoms with van der Waals surface area (Å²) < 4.78 is 8.76. The Kier molecular flexibility index (Phi) is 3.91. The number of hydrogen-bond donors (Lipinski definition) is 1. The van der Waals surface area contributed by atoms with Crippen molar-refractivity contribution in [2.75, 3.05) is 7.11 Å². The van der Waals surface area contributed by atoms with E-state index in [0.717, 1.165) is 24.0 Å². The fourth-order valence-corrected chi connectivity index (χ4v) is 3.22. The molecule has 1 aliphatic heterocycles. The first-order valence-corrected chi connectivity index (χ1v) is 7.72. The zero-order valence-corrected chi connectivity index (χ0v) is 13.6. The molecule has 5 nitrogen and oxygen atoms in total.